The molecule has 1 N–H and O–H groups in total. The topological polar surface area (TPSA) is 127 Å². The number of aromatic hydroxyl groups is 1. The van der Waals surface area contributed by atoms with Crippen LogP contribution in [0.3, 0.4) is 0 Å². The standard InChI is InChI=1S/C29H27F5N2O7S.Na/c1-15(35(2)44(41,42)27-25(33)23(31)22(30)24(32)26(27)34)28(38)36(19-7-8-20(29(39)40)21(37)13-19)14-16-3-5-17(6-4-16)18-9-11-43-12-10-18;/h3-8,13,15,18,37H,9-12,14H2,1-2H3,(H,39,40);/q;+1/p-1/t15-;/m1./s1. The second-order valence-electron chi connectivity index (χ2n) is 10.1. The quantitative estimate of drug-likeness (QED) is 0.154. The van der Waals surface area contributed by atoms with Crippen LogP contribution < -0.4 is 39.6 Å². The number of hydrogen-bond donors (Lipinski definition) is 1. The summed E-state index contributed by atoms with van der Waals surface area (Å²) in [6, 6.07) is 8.31. The Kier molecular flexibility index (Phi) is 11.8. The van der Waals surface area contributed by atoms with Crippen molar-refractivity contribution in [1.82, 2.24) is 4.31 Å². The average Bonchev–Trinajstić information content (AvgIpc) is 3.01. The molecular weight excluding hydrogens is 638 g/mol. The minimum absolute atomic E-state index is 0. The zero-order valence-corrected chi connectivity index (χ0v) is 27.1. The molecule has 16 heteroatoms. The number of amides is 1. The van der Waals surface area contributed by atoms with Gasteiger partial charge in [0.05, 0.1) is 12.5 Å². The molecule has 0 spiro atoms. The van der Waals surface area contributed by atoms with Gasteiger partial charge < -0.3 is 24.6 Å². The number of carbonyl (C=O) groups excluding carboxylic acids is 2. The van der Waals surface area contributed by atoms with Gasteiger partial charge in [0, 0.05) is 37.6 Å². The van der Waals surface area contributed by atoms with Crippen LogP contribution in [0, 0.1) is 29.1 Å². The number of likely N-dealkylation sites (N-methyl/N-ethyl adjacent to an activating group) is 1. The number of aromatic carboxylic acids is 1. The summed E-state index contributed by atoms with van der Waals surface area (Å²) in [5, 5.41) is 21.5. The van der Waals surface area contributed by atoms with Gasteiger partial charge >= 0.3 is 29.6 Å². The Labute approximate surface area is 277 Å². The van der Waals surface area contributed by atoms with Crippen LogP contribution in [0.2, 0.25) is 0 Å². The summed E-state index contributed by atoms with van der Waals surface area (Å²) in [5.41, 5.74) is 0.851. The molecule has 1 aliphatic rings. The number of carboxylic acid groups (broad SMARTS) is 1. The van der Waals surface area contributed by atoms with Crippen LogP contribution in [0.15, 0.2) is 47.4 Å². The molecule has 1 atom stereocenters. The largest absolute Gasteiger partial charge is 1.00 e. The van der Waals surface area contributed by atoms with Crippen LogP contribution in [0.5, 0.6) is 5.75 Å². The Bertz CT molecular complexity index is 1680. The van der Waals surface area contributed by atoms with Crippen molar-refractivity contribution in [3.63, 3.8) is 0 Å². The van der Waals surface area contributed by atoms with Crippen molar-refractivity contribution >= 4 is 27.6 Å². The third kappa shape index (κ3) is 7.34. The summed E-state index contributed by atoms with van der Waals surface area (Å²) in [5.74, 6) is -16.0. The van der Waals surface area contributed by atoms with Gasteiger partial charge in [-0.1, -0.05) is 24.3 Å². The van der Waals surface area contributed by atoms with Gasteiger partial charge in [-0.3, -0.25) is 4.79 Å². The van der Waals surface area contributed by atoms with Gasteiger partial charge in [0.25, 0.3) is 0 Å². The van der Waals surface area contributed by atoms with Crippen molar-refractivity contribution in [3.8, 4) is 5.75 Å². The molecule has 1 fully saturated rings. The number of sulfonamides is 1. The number of nitrogens with zero attached hydrogens (tertiary/aromatic N) is 2. The maximum Gasteiger partial charge on any atom is 1.00 e. The number of anilines is 1. The van der Waals surface area contributed by atoms with E-state index in [9.17, 15) is 50.2 Å². The van der Waals surface area contributed by atoms with Crippen molar-refractivity contribution in [3.05, 3.63) is 88.2 Å². The van der Waals surface area contributed by atoms with Crippen molar-refractivity contribution < 1.29 is 84.5 Å². The molecule has 0 aliphatic carbocycles. The van der Waals surface area contributed by atoms with E-state index in [-0.39, 0.29) is 52.0 Å². The zero-order valence-electron chi connectivity index (χ0n) is 24.3. The van der Waals surface area contributed by atoms with E-state index >= 15 is 0 Å². The van der Waals surface area contributed by atoms with Gasteiger partial charge in [-0.25, -0.2) is 30.4 Å². The van der Waals surface area contributed by atoms with E-state index in [1.807, 2.05) is 12.1 Å². The summed E-state index contributed by atoms with van der Waals surface area (Å²) in [6.45, 7) is 1.99. The molecule has 0 bridgehead atoms. The predicted octanol–water partition coefficient (Wildman–Crippen LogP) is 0.592. The van der Waals surface area contributed by atoms with Crippen LogP contribution in [-0.2, 0) is 26.1 Å². The normalized spacial score (nSPS) is 14.6. The fourth-order valence-corrected chi connectivity index (χ4v) is 6.24. The molecule has 236 valence electrons. The van der Waals surface area contributed by atoms with Crippen LogP contribution >= 0.6 is 0 Å². The molecule has 3 aromatic carbocycles. The molecule has 1 amide bonds. The van der Waals surface area contributed by atoms with E-state index in [2.05, 4.69) is 0 Å². The minimum atomic E-state index is -5.50. The molecule has 0 radical (unpaired) electrons. The van der Waals surface area contributed by atoms with Crippen LogP contribution in [0.25, 0.3) is 0 Å². The maximum atomic E-state index is 14.4. The second-order valence-corrected chi connectivity index (χ2v) is 12.1. The van der Waals surface area contributed by atoms with Crippen molar-refractivity contribution in [2.45, 2.75) is 43.2 Å². The number of phenols is 1. The number of halogens is 5. The Hall–Kier alpha value is -3.08. The number of ether oxygens (including phenoxy) is 1. The van der Waals surface area contributed by atoms with Crippen molar-refractivity contribution in [2.75, 3.05) is 25.2 Å². The number of hydrogen-bond acceptors (Lipinski definition) is 7. The SMILES string of the molecule is C[C@H](C(=O)N(Cc1ccc(C2CCOCC2)cc1)c1ccc(C(=O)[O-])c(O)c1)N(C)S(=O)(=O)c1c(F)c(F)c(F)c(F)c1F.[Na+]. The van der Waals surface area contributed by atoms with Gasteiger partial charge in [0.15, 0.2) is 28.2 Å². The fourth-order valence-electron chi connectivity index (χ4n) is 4.81. The third-order valence-electron chi connectivity index (χ3n) is 7.50. The number of benzene rings is 3. The van der Waals surface area contributed by atoms with Gasteiger partial charge in [-0.2, -0.15) is 4.31 Å². The number of rotatable bonds is 9. The number of carboxylic acids is 1. The Balaban J connectivity index is 0.00000552. The number of carbonyl (C=O) groups is 2. The van der Waals surface area contributed by atoms with Crippen LogP contribution in [0.1, 0.15) is 47.2 Å². The van der Waals surface area contributed by atoms with Gasteiger partial charge in [0.2, 0.25) is 21.7 Å². The van der Waals surface area contributed by atoms with E-state index in [0.717, 1.165) is 48.4 Å². The first-order valence-corrected chi connectivity index (χ1v) is 14.6. The first-order chi connectivity index (χ1) is 20.7. The predicted molar refractivity (Wildman–Crippen MR) is 144 cm³/mol. The molecule has 0 saturated carbocycles. The molecule has 9 nitrogen and oxygen atoms in total. The second kappa shape index (κ2) is 14.6. The first-order valence-electron chi connectivity index (χ1n) is 13.2. The monoisotopic (exact) mass is 664 g/mol. The van der Waals surface area contributed by atoms with E-state index in [1.165, 1.54) is 0 Å². The van der Waals surface area contributed by atoms with E-state index in [0.29, 0.717) is 25.8 Å². The molecule has 4 rings (SSSR count). The van der Waals surface area contributed by atoms with Gasteiger partial charge in [-0.05, 0) is 48.9 Å². The van der Waals surface area contributed by atoms with Gasteiger partial charge in [-0.15, -0.1) is 0 Å². The molecule has 0 aromatic heterocycles. The smallest absolute Gasteiger partial charge is 0.545 e. The molecule has 1 aliphatic heterocycles. The molecule has 1 heterocycles. The summed E-state index contributed by atoms with van der Waals surface area (Å²) >= 11 is 0. The summed E-state index contributed by atoms with van der Waals surface area (Å²) in [7, 11) is -4.78. The molecular formula is C29H26F5N2NaO7S. The van der Waals surface area contributed by atoms with Crippen molar-refractivity contribution in [1.29, 1.82) is 0 Å². The minimum Gasteiger partial charge on any atom is -0.545 e. The maximum absolute atomic E-state index is 14.4. The Morgan fingerprint density at radius 3 is 2.00 bits per heavy atom. The van der Waals surface area contributed by atoms with E-state index in [1.54, 1.807) is 12.1 Å². The summed E-state index contributed by atoms with van der Waals surface area (Å²) < 4.78 is 102. The Morgan fingerprint density at radius 2 is 1.49 bits per heavy atom. The molecule has 0 unspecified atom stereocenters. The van der Waals surface area contributed by atoms with E-state index in [4.69, 9.17) is 4.74 Å². The molecule has 1 saturated heterocycles. The average molecular weight is 665 g/mol. The van der Waals surface area contributed by atoms with Crippen molar-refractivity contribution in [2.24, 2.45) is 0 Å². The Morgan fingerprint density at radius 1 is 0.956 bits per heavy atom. The summed E-state index contributed by atoms with van der Waals surface area (Å²) in [6.07, 6.45) is 1.63. The zero-order chi connectivity index (χ0) is 32.5. The van der Waals surface area contributed by atoms with E-state index < -0.39 is 73.2 Å². The molecule has 3 aromatic rings. The fraction of sp³-hybridized carbons (Fsp3) is 0.310. The summed E-state index contributed by atoms with van der Waals surface area (Å²) in [4.78, 5) is 23.9. The molecule has 45 heavy (non-hydrogen) atoms. The van der Waals surface area contributed by atoms with Crippen LogP contribution in [0.4, 0.5) is 27.6 Å². The van der Waals surface area contributed by atoms with Gasteiger partial charge in [0.1, 0.15) is 11.8 Å². The van der Waals surface area contributed by atoms with Crippen LogP contribution in [-0.4, -0.2) is 56.0 Å². The first kappa shape index (κ1) is 36.4. The third-order valence-corrected chi connectivity index (χ3v) is 9.45.